The van der Waals surface area contributed by atoms with E-state index >= 15 is 0 Å². The maximum absolute atomic E-state index is 13.0. The molecule has 23 heavy (non-hydrogen) atoms. The van der Waals surface area contributed by atoms with E-state index in [-0.39, 0.29) is 10.9 Å². The van der Waals surface area contributed by atoms with Gasteiger partial charge < -0.3 is 0 Å². The highest BCUT2D eigenvalue weighted by atomic mass is 32.2. The minimum absolute atomic E-state index is 0.0407. The van der Waals surface area contributed by atoms with Crippen LogP contribution in [0.15, 0.2) is 46.0 Å². The van der Waals surface area contributed by atoms with Crippen LogP contribution in [0.1, 0.15) is 24.4 Å². The number of rotatable bonds is 6. The lowest BCUT2D eigenvalue weighted by molar-refractivity contribution is 0.247. The molecule has 1 aliphatic rings. The third-order valence-electron chi connectivity index (χ3n) is 4.10. The van der Waals surface area contributed by atoms with Gasteiger partial charge in [0, 0.05) is 12.6 Å². The van der Waals surface area contributed by atoms with Crippen LogP contribution in [-0.2, 0) is 10.0 Å². The van der Waals surface area contributed by atoms with E-state index in [1.807, 2.05) is 11.4 Å². The lowest BCUT2D eigenvalue weighted by Crippen LogP contribution is -2.36. The lowest BCUT2D eigenvalue weighted by atomic mass is 10.1. The van der Waals surface area contributed by atoms with E-state index in [9.17, 15) is 12.8 Å². The average Bonchev–Trinajstić information content (AvgIpc) is 3.21. The van der Waals surface area contributed by atoms with Crippen molar-refractivity contribution < 1.29 is 12.8 Å². The number of hydrogen-bond donors (Lipinski definition) is 1. The molecule has 124 valence electrons. The molecule has 3 rings (SSSR count). The molecule has 1 aromatic heterocycles. The Morgan fingerprint density at radius 2 is 1.87 bits per heavy atom. The predicted octanol–water partition coefficient (Wildman–Crippen LogP) is 3.00. The first kappa shape index (κ1) is 16.6. The Hall–Kier alpha value is -1.28. The summed E-state index contributed by atoms with van der Waals surface area (Å²) in [5, 5.41) is 4.07. The summed E-state index contributed by atoms with van der Waals surface area (Å²) in [6, 6.07) is 6.97. The molecular weight excluding hydrogens is 335 g/mol. The first-order valence-electron chi connectivity index (χ1n) is 7.58. The molecular formula is C16H19FN2O2S2. The van der Waals surface area contributed by atoms with Gasteiger partial charge in [-0.15, -0.1) is 0 Å². The number of nitrogens with one attached hydrogen (secondary N) is 1. The van der Waals surface area contributed by atoms with Gasteiger partial charge in [-0.05, 0) is 72.6 Å². The number of hydrogen-bond acceptors (Lipinski definition) is 4. The molecule has 1 aliphatic heterocycles. The number of nitrogens with zero attached hydrogens (tertiary/aromatic N) is 1. The van der Waals surface area contributed by atoms with Crippen molar-refractivity contribution >= 4 is 21.4 Å². The molecule has 0 saturated carbocycles. The molecule has 1 unspecified atom stereocenters. The van der Waals surface area contributed by atoms with E-state index in [0.717, 1.165) is 43.6 Å². The maximum Gasteiger partial charge on any atom is 0.240 e. The fourth-order valence-corrected chi connectivity index (χ4v) is 4.61. The fourth-order valence-electron chi connectivity index (χ4n) is 2.86. The topological polar surface area (TPSA) is 49.4 Å². The second kappa shape index (κ2) is 7.09. The van der Waals surface area contributed by atoms with Crippen LogP contribution >= 0.6 is 11.3 Å². The van der Waals surface area contributed by atoms with Gasteiger partial charge in [-0.1, -0.05) is 0 Å². The van der Waals surface area contributed by atoms with Crippen LogP contribution < -0.4 is 4.72 Å². The Morgan fingerprint density at radius 1 is 1.17 bits per heavy atom. The second-order valence-corrected chi connectivity index (χ2v) is 8.17. The van der Waals surface area contributed by atoms with E-state index in [1.54, 1.807) is 11.3 Å². The summed E-state index contributed by atoms with van der Waals surface area (Å²) >= 11 is 1.61. The van der Waals surface area contributed by atoms with Crippen LogP contribution in [0, 0.1) is 5.82 Å². The normalized spacial score (nSPS) is 17.4. The van der Waals surface area contributed by atoms with Gasteiger partial charge in [-0.25, -0.2) is 17.5 Å². The van der Waals surface area contributed by atoms with Crippen molar-refractivity contribution in [1.29, 1.82) is 0 Å². The van der Waals surface area contributed by atoms with Crippen molar-refractivity contribution in [2.75, 3.05) is 19.6 Å². The first-order chi connectivity index (χ1) is 11.1. The van der Waals surface area contributed by atoms with Crippen LogP contribution in [0.2, 0.25) is 0 Å². The Bertz CT molecular complexity index is 724. The molecule has 0 spiro atoms. The van der Waals surface area contributed by atoms with Gasteiger partial charge in [0.05, 0.1) is 4.90 Å². The molecule has 1 fully saturated rings. The Kier molecular flexibility index (Phi) is 5.11. The quantitative estimate of drug-likeness (QED) is 0.868. The largest absolute Gasteiger partial charge is 0.295 e. The van der Waals surface area contributed by atoms with Crippen LogP contribution in [-0.4, -0.2) is 33.0 Å². The maximum atomic E-state index is 13.0. The molecule has 0 radical (unpaired) electrons. The summed E-state index contributed by atoms with van der Waals surface area (Å²) in [7, 11) is -3.63. The van der Waals surface area contributed by atoms with Crippen LogP contribution in [0.5, 0.6) is 0 Å². The number of halogens is 1. The predicted molar refractivity (Wildman–Crippen MR) is 89.5 cm³/mol. The number of benzene rings is 1. The Morgan fingerprint density at radius 3 is 2.48 bits per heavy atom. The summed E-state index contributed by atoms with van der Waals surface area (Å²) in [6.45, 7) is 2.29. The van der Waals surface area contributed by atoms with E-state index < -0.39 is 15.8 Å². The molecule has 7 heteroatoms. The minimum Gasteiger partial charge on any atom is -0.295 e. The van der Waals surface area contributed by atoms with Crippen molar-refractivity contribution in [1.82, 2.24) is 9.62 Å². The molecule has 0 bridgehead atoms. The molecule has 0 amide bonds. The zero-order valence-electron chi connectivity index (χ0n) is 12.6. The average molecular weight is 354 g/mol. The van der Waals surface area contributed by atoms with E-state index in [1.165, 1.54) is 12.1 Å². The molecule has 0 aliphatic carbocycles. The Balaban J connectivity index is 1.74. The van der Waals surface area contributed by atoms with E-state index in [2.05, 4.69) is 15.0 Å². The number of thiophene rings is 1. The van der Waals surface area contributed by atoms with Crippen molar-refractivity contribution in [2.24, 2.45) is 0 Å². The zero-order valence-corrected chi connectivity index (χ0v) is 14.2. The van der Waals surface area contributed by atoms with E-state index in [4.69, 9.17) is 0 Å². The first-order valence-corrected chi connectivity index (χ1v) is 10.0. The highest BCUT2D eigenvalue weighted by Crippen LogP contribution is 2.26. The van der Waals surface area contributed by atoms with Crippen LogP contribution in [0.4, 0.5) is 4.39 Å². The highest BCUT2D eigenvalue weighted by molar-refractivity contribution is 7.89. The number of likely N-dealkylation sites (tertiary alicyclic amines) is 1. The molecule has 1 atom stereocenters. The molecule has 1 aromatic carbocycles. The van der Waals surface area contributed by atoms with Gasteiger partial charge in [0.2, 0.25) is 10.0 Å². The summed E-state index contributed by atoms with van der Waals surface area (Å²) in [6.07, 6.45) is 2.29. The summed E-state index contributed by atoms with van der Waals surface area (Å²) in [4.78, 5) is 2.40. The zero-order chi connectivity index (χ0) is 16.3. The summed E-state index contributed by atoms with van der Waals surface area (Å²) < 4.78 is 40.4. The van der Waals surface area contributed by atoms with Crippen LogP contribution in [0.25, 0.3) is 0 Å². The van der Waals surface area contributed by atoms with Crippen LogP contribution in [0.3, 0.4) is 0 Å². The third-order valence-corrected chi connectivity index (χ3v) is 6.24. The molecule has 1 N–H and O–H groups in total. The molecule has 2 aromatic rings. The van der Waals surface area contributed by atoms with Gasteiger partial charge in [-0.2, -0.15) is 11.3 Å². The van der Waals surface area contributed by atoms with Crippen molar-refractivity contribution in [3.63, 3.8) is 0 Å². The van der Waals surface area contributed by atoms with E-state index in [0.29, 0.717) is 6.54 Å². The summed E-state index contributed by atoms with van der Waals surface area (Å²) in [5.41, 5.74) is 1.14. The third kappa shape index (κ3) is 3.98. The fraction of sp³-hybridized carbons (Fsp3) is 0.375. The molecule has 4 nitrogen and oxygen atoms in total. The van der Waals surface area contributed by atoms with Crippen molar-refractivity contribution in [2.45, 2.75) is 23.8 Å². The smallest absolute Gasteiger partial charge is 0.240 e. The number of sulfonamides is 1. The van der Waals surface area contributed by atoms with Crippen molar-refractivity contribution in [3.8, 4) is 0 Å². The van der Waals surface area contributed by atoms with Gasteiger partial charge >= 0.3 is 0 Å². The van der Waals surface area contributed by atoms with Gasteiger partial charge in [-0.3, -0.25) is 4.90 Å². The van der Waals surface area contributed by atoms with Gasteiger partial charge in [0.25, 0.3) is 0 Å². The van der Waals surface area contributed by atoms with Gasteiger partial charge in [0.15, 0.2) is 0 Å². The van der Waals surface area contributed by atoms with Gasteiger partial charge in [0.1, 0.15) is 5.82 Å². The Labute approximate surface area is 140 Å². The van der Waals surface area contributed by atoms with Crippen molar-refractivity contribution in [3.05, 3.63) is 52.5 Å². The highest BCUT2D eigenvalue weighted by Gasteiger charge is 2.25. The minimum atomic E-state index is -3.63. The summed E-state index contributed by atoms with van der Waals surface area (Å²) in [5.74, 6) is -0.447. The SMILES string of the molecule is O=S(=O)(NCC(c1ccsc1)N1CCCC1)c1ccc(F)cc1. The monoisotopic (exact) mass is 354 g/mol. The molecule has 1 saturated heterocycles. The second-order valence-electron chi connectivity index (χ2n) is 5.62. The lowest BCUT2D eigenvalue weighted by Gasteiger charge is -2.27. The standard InChI is InChI=1S/C16H19FN2O2S2/c17-14-3-5-15(6-4-14)23(20,21)18-11-16(13-7-10-22-12-13)19-8-1-2-9-19/h3-7,10,12,16,18H,1-2,8-9,11H2. The molecule has 2 heterocycles.